The lowest BCUT2D eigenvalue weighted by Gasteiger charge is -2.47. The second kappa shape index (κ2) is 4.75. The van der Waals surface area contributed by atoms with Gasteiger partial charge >= 0.3 is 0 Å². The van der Waals surface area contributed by atoms with Crippen molar-refractivity contribution in [2.45, 2.75) is 56.9 Å². The number of nitrogens with zero attached hydrogens (tertiary/aromatic N) is 1. The van der Waals surface area contributed by atoms with Gasteiger partial charge < -0.3 is 5.32 Å². The third-order valence-electron chi connectivity index (χ3n) is 4.36. The van der Waals surface area contributed by atoms with Gasteiger partial charge in [-0.1, -0.05) is 13.8 Å². The van der Waals surface area contributed by atoms with Gasteiger partial charge in [0.05, 0.1) is 0 Å². The van der Waals surface area contributed by atoms with E-state index in [1.165, 1.54) is 25.9 Å². The van der Waals surface area contributed by atoms with Gasteiger partial charge in [0.15, 0.2) is 0 Å². The smallest absolute Gasteiger partial charge is 0.0285 e. The van der Waals surface area contributed by atoms with E-state index in [1.807, 2.05) is 0 Å². The van der Waals surface area contributed by atoms with Gasteiger partial charge in [0.1, 0.15) is 0 Å². The van der Waals surface area contributed by atoms with Gasteiger partial charge in [-0.3, -0.25) is 4.90 Å². The van der Waals surface area contributed by atoms with Crippen molar-refractivity contribution >= 4 is 11.8 Å². The van der Waals surface area contributed by atoms with Crippen LogP contribution in [0.5, 0.6) is 0 Å². The molecule has 1 heterocycles. The van der Waals surface area contributed by atoms with E-state index in [1.54, 1.807) is 0 Å². The Morgan fingerprint density at radius 1 is 1.35 bits per heavy atom. The van der Waals surface area contributed by atoms with Crippen LogP contribution < -0.4 is 5.32 Å². The molecule has 1 aliphatic carbocycles. The molecular formula is C14H28N2S. The summed E-state index contributed by atoms with van der Waals surface area (Å²) in [4.78, 5) is 2.75. The molecule has 0 bridgehead atoms. The number of hydrogen-bond acceptors (Lipinski definition) is 3. The Morgan fingerprint density at radius 2 is 2.00 bits per heavy atom. The van der Waals surface area contributed by atoms with E-state index in [4.69, 9.17) is 0 Å². The summed E-state index contributed by atoms with van der Waals surface area (Å²) in [5, 5.41) is 3.70. The molecule has 0 aromatic rings. The predicted octanol–water partition coefficient (Wildman–Crippen LogP) is 2.59. The lowest BCUT2D eigenvalue weighted by atomic mass is 9.93. The highest BCUT2D eigenvalue weighted by molar-refractivity contribution is 8.00. The highest BCUT2D eigenvalue weighted by Crippen LogP contribution is 2.48. The van der Waals surface area contributed by atoms with Gasteiger partial charge in [-0.05, 0) is 38.9 Å². The van der Waals surface area contributed by atoms with Crippen molar-refractivity contribution in [3.8, 4) is 0 Å². The zero-order chi connectivity index (χ0) is 12.7. The molecule has 1 N–H and O–H groups in total. The summed E-state index contributed by atoms with van der Waals surface area (Å²) in [6.45, 7) is 13.0. The van der Waals surface area contributed by atoms with Crippen molar-refractivity contribution in [1.29, 1.82) is 0 Å². The summed E-state index contributed by atoms with van der Waals surface area (Å²) in [6, 6.07) is 0.715. The number of rotatable bonds is 4. The summed E-state index contributed by atoms with van der Waals surface area (Å²) in [6.07, 6.45) is 5.12. The van der Waals surface area contributed by atoms with Crippen LogP contribution in [-0.4, -0.2) is 47.1 Å². The first kappa shape index (κ1) is 13.7. The molecule has 0 spiro atoms. The van der Waals surface area contributed by atoms with E-state index in [2.05, 4.69) is 55.9 Å². The highest BCUT2D eigenvalue weighted by atomic mass is 32.2. The summed E-state index contributed by atoms with van der Waals surface area (Å²) in [7, 11) is 0. The molecule has 1 saturated carbocycles. The Hall–Kier alpha value is 0.270. The van der Waals surface area contributed by atoms with Crippen LogP contribution in [0.3, 0.4) is 0 Å². The standard InChI is InChI=1S/C14H28N2S/c1-11(2)12-8-15-13(3,4)9-16(12)10-14(17-5)6-7-14/h11-12,15H,6-10H2,1-5H3. The molecule has 17 heavy (non-hydrogen) atoms. The van der Waals surface area contributed by atoms with Crippen LogP contribution in [-0.2, 0) is 0 Å². The molecule has 1 aliphatic heterocycles. The normalized spacial score (nSPS) is 31.8. The zero-order valence-electron chi connectivity index (χ0n) is 12.0. The van der Waals surface area contributed by atoms with Crippen LogP contribution in [0.4, 0.5) is 0 Å². The van der Waals surface area contributed by atoms with Crippen molar-refractivity contribution < 1.29 is 0 Å². The fourth-order valence-electron chi connectivity index (χ4n) is 2.96. The second-order valence-electron chi connectivity index (χ2n) is 6.87. The Morgan fingerprint density at radius 3 is 2.47 bits per heavy atom. The molecule has 3 heteroatoms. The van der Waals surface area contributed by atoms with Crippen molar-refractivity contribution in [2.75, 3.05) is 25.9 Å². The molecule has 0 radical (unpaired) electrons. The molecule has 1 saturated heterocycles. The summed E-state index contributed by atoms with van der Waals surface area (Å²) in [5.74, 6) is 0.747. The molecule has 1 atom stereocenters. The monoisotopic (exact) mass is 256 g/mol. The topological polar surface area (TPSA) is 15.3 Å². The van der Waals surface area contributed by atoms with Crippen LogP contribution in [0.2, 0.25) is 0 Å². The van der Waals surface area contributed by atoms with E-state index < -0.39 is 0 Å². The summed E-state index contributed by atoms with van der Waals surface area (Å²) >= 11 is 2.08. The van der Waals surface area contributed by atoms with Crippen LogP contribution in [0.25, 0.3) is 0 Å². The zero-order valence-corrected chi connectivity index (χ0v) is 12.9. The third-order valence-corrected chi connectivity index (χ3v) is 5.76. The minimum Gasteiger partial charge on any atom is -0.309 e. The molecule has 0 aromatic heterocycles. The van der Waals surface area contributed by atoms with Crippen molar-refractivity contribution in [3.63, 3.8) is 0 Å². The van der Waals surface area contributed by atoms with Gasteiger partial charge in [0, 0.05) is 36.0 Å². The molecule has 2 nitrogen and oxygen atoms in total. The maximum atomic E-state index is 3.70. The average molecular weight is 256 g/mol. The van der Waals surface area contributed by atoms with Crippen LogP contribution in [0.15, 0.2) is 0 Å². The maximum absolute atomic E-state index is 3.70. The van der Waals surface area contributed by atoms with Crippen LogP contribution in [0.1, 0.15) is 40.5 Å². The first-order valence-electron chi connectivity index (χ1n) is 6.92. The molecule has 0 amide bonds. The van der Waals surface area contributed by atoms with Gasteiger partial charge in [-0.25, -0.2) is 0 Å². The predicted molar refractivity (Wildman–Crippen MR) is 77.8 cm³/mol. The molecule has 2 aliphatic rings. The maximum Gasteiger partial charge on any atom is 0.0285 e. The van der Waals surface area contributed by atoms with Crippen LogP contribution in [0, 0.1) is 5.92 Å². The summed E-state index contributed by atoms with van der Waals surface area (Å²) < 4.78 is 0.598. The number of nitrogens with one attached hydrogen (secondary N) is 1. The van der Waals surface area contributed by atoms with Gasteiger partial charge in [-0.2, -0.15) is 11.8 Å². The lowest BCUT2D eigenvalue weighted by Crippen LogP contribution is -2.63. The van der Waals surface area contributed by atoms with E-state index in [0.717, 1.165) is 12.5 Å². The minimum atomic E-state index is 0.278. The third kappa shape index (κ3) is 3.18. The molecule has 0 aromatic carbocycles. The fraction of sp³-hybridized carbons (Fsp3) is 1.00. The quantitative estimate of drug-likeness (QED) is 0.832. The highest BCUT2D eigenvalue weighted by Gasteiger charge is 2.46. The SMILES string of the molecule is CSC1(CN2CC(C)(C)NCC2C(C)C)CC1. The van der Waals surface area contributed by atoms with Crippen molar-refractivity contribution in [1.82, 2.24) is 10.2 Å². The fourth-order valence-corrected chi connectivity index (χ4v) is 3.76. The summed E-state index contributed by atoms with van der Waals surface area (Å²) in [5.41, 5.74) is 0.278. The first-order valence-corrected chi connectivity index (χ1v) is 8.14. The molecular weight excluding hydrogens is 228 g/mol. The average Bonchev–Trinajstić information content (AvgIpc) is 2.96. The lowest BCUT2D eigenvalue weighted by molar-refractivity contribution is 0.0683. The van der Waals surface area contributed by atoms with E-state index in [0.29, 0.717) is 10.8 Å². The molecule has 1 unspecified atom stereocenters. The molecule has 2 rings (SSSR count). The van der Waals surface area contributed by atoms with Crippen LogP contribution >= 0.6 is 11.8 Å². The second-order valence-corrected chi connectivity index (χ2v) is 8.14. The Bertz CT molecular complexity index is 271. The van der Waals surface area contributed by atoms with Gasteiger partial charge in [0.25, 0.3) is 0 Å². The number of thioether (sulfide) groups is 1. The van der Waals surface area contributed by atoms with Crippen molar-refractivity contribution in [3.05, 3.63) is 0 Å². The van der Waals surface area contributed by atoms with E-state index in [9.17, 15) is 0 Å². The van der Waals surface area contributed by atoms with Gasteiger partial charge in [0.2, 0.25) is 0 Å². The van der Waals surface area contributed by atoms with Crippen molar-refractivity contribution in [2.24, 2.45) is 5.92 Å². The van der Waals surface area contributed by atoms with E-state index in [-0.39, 0.29) is 5.54 Å². The minimum absolute atomic E-state index is 0.278. The Labute approximate surface area is 111 Å². The number of hydrogen-bond donors (Lipinski definition) is 1. The number of piperazine rings is 1. The first-order chi connectivity index (χ1) is 7.87. The van der Waals surface area contributed by atoms with E-state index >= 15 is 0 Å². The molecule has 100 valence electrons. The van der Waals surface area contributed by atoms with Gasteiger partial charge in [-0.15, -0.1) is 0 Å². The largest absolute Gasteiger partial charge is 0.309 e. The Kier molecular flexibility index (Phi) is 3.82. The molecule has 2 fully saturated rings. The Balaban J connectivity index is 2.03.